The Morgan fingerprint density at radius 3 is 2.76 bits per heavy atom. The molecular formula is C15H24BrN3O2. The number of aromatic amines is 1. The molecule has 2 N–H and O–H groups in total. The van der Waals surface area contributed by atoms with E-state index in [1.165, 1.54) is 0 Å². The average Bonchev–Trinajstić information content (AvgIpc) is 2.90. The number of hydrogen-bond acceptors (Lipinski definition) is 3. The Morgan fingerprint density at radius 2 is 2.19 bits per heavy atom. The SMILES string of the molecule is CC(C)CC(CNC(=O)c1cc(Br)c[nH]1)N1CCOCC1. The van der Waals surface area contributed by atoms with Gasteiger partial charge in [-0.1, -0.05) is 13.8 Å². The van der Waals surface area contributed by atoms with Gasteiger partial charge in [0.1, 0.15) is 5.69 Å². The van der Waals surface area contributed by atoms with Gasteiger partial charge >= 0.3 is 0 Å². The standard InChI is InChI=1S/C15H24BrN3O2/c1-11(2)7-13(19-3-5-21-6-4-19)10-18-15(20)14-8-12(16)9-17-14/h8-9,11,13,17H,3-7,10H2,1-2H3,(H,18,20). The Morgan fingerprint density at radius 1 is 1.48 bits per heavy atom. The number of amides is 1. The second-order valence-electron chi connectivity index (χ2n) is 5.87. The summed E-state index contributed by atoms with van der Waals surface area (Å²) >= 11 is 3.34. The zero-order valence-electron chi connectivity index (χ0n) is 12.7. The zero-order chi connectivity index (χ0) is 15.2. The lowest BCUT2D eigenvalue weighted by atomic mass is 10.0. The maximum Gasteiger partial charge on any atom is 0.267 e. The predicted molar refractivity (Wildman–Crippen MR) is 86.5 cm³/mol. The molecule has 1 aromatic rings. The van der Waals surface area contributed by atoms with Gasteiger partial charge in [-0.05, 0) is 34.3 Å². The number of rotatable bonds is 6. The lowest BCUT2D eigenvalue weighted by Gasteiger charge is -2.35. The van der Waals surface area contributed by atoms with E-state index in [0.717, 1.165) is 37.2 Å². The molecule has 1 saturated heterocycles. The Kier molecular flexibility index (Phi) is 6.26. The van der Waals surface area contributed by atoms with Crippen molar-refractivity contribution >= 4 is 21.8 Å². The molecule has 21 heavy (non-hydrogen) atoms. The molecule has 1 atom stereocenters. The summed E-state index contributed by atoms with van der Waals surface area (Å²) in [7, 11) is 0. The molecule has 1 aromatic heterocycles. The Bertz CT molecular complexity index is 456. The first kappa shape index (κ1) is 16.5. The fraction of sp³-hybridized carbons (Fsp3) is 0.667. The third-order valence-corrected chi connectivity index (χ3v) is 4.15. The third-order valence-electron chi connectivity index (χ3n) is 3.70. The summed E-state index contributed by atoms with van der Waals surface area (Å²) in [6.07, 6.45) is 2.84. The van der Waals surface area contributed by atoms with Crippen molar-refractivity contribution in [3.8, 4) is 0 Å². The fourth-order valence-electron chi connectivity index (χ4n) is 2.65. The van der Waals surface area contributed by atoms with Crippen molar-refractivity contribution in [1.29, 1.82) is 0 Å². The molecule has 118 valence electrons. The minimum absolute atomic E-state index is 0.0530. The van der Waals surface area contributed by atoms with Crippen LogP contribution < -0.4 is 5.32 Å². The number of carbonyl (C=O) groups is 1. The lowest BCUT2D eigenvalue weighted by molar-refractivity contribution is 0.0124. The fourth-order valence-corrected chi connectivity index (χ4v) is 3.00. The molecule has 0 spiro atoms. The first-order valence-corrected chi connectivity index (χ1v) is 8.29. The highest BCUT2D eigenvalue weighted by molar-refractivity contribution is 9.10. The van der Waals surface area contributed by atoms with Crippen LogP contribution in [-0.2, 0) is 4.74 Å². The van der Waals surface area contributed by atoms with E-state index in [0.29, 0.717) is 24.2 Å². The van der Waals surface area contributed by atoms with Gasteiger partial charge in [0.05, 0.1) is 13.2 Å². The monoisotopic (exact) mass is 357 g/mol. The molecule has 6 heteroatoms. The summed E-state index contributed by atoms with van der Waals surface area (Å²) in [6, 6.07) is 2.16. The second kappa shape index (κ2) is 7.96. The minimum Gasteiger partial charge on any atom is -0.379 e. The summed E-state index contributed by atoms with van der Waals surface area (Å²) in [4.78, 5) is 17.5. The molecule has 1 amide bonds. The van der Waals surface area contributed by atoms with Crippen LogP contribution in [0.4, 0.5) is 0 Å². The number of H-pyrrole nitrogens is 1. The van der Waals surface area contributed by atoms with E-state index in [1.54, 1.807) is 12.3 Å². The van der Waals surface area contributed by atoms with Crippen molar-refractivity contribution in [2.24, 2.45) is 5.92 Å². The molecule has 0 aromatic carbocycles. The number of aromatic nitrogens is 1. The molecule has 2 heterocycles. The van der Waals surface area contributed by atoms with E-state index in [2.05, 4.69) is 45.0 Å². The topological polar surface area (TPSA) is 57.4 Å². The number of carbonyl (C=O) groups excluding carboxylic acids is 1. The normalized spacial score (nSPS) is 17.9. The van der Waals surface area contributed by atoms with Crippen LogP contribution in [-0.4, -0.2) is 54.7 Å². The second-order valence-corrected chi connectivity index (χ2v) is 6.79. The van der Waals surface area contributed by atoms with E-state index in [1.807, 2.05) is 0 Å². The van der Waals surface area contributed by atoms with Gasteiger partial charge in [-0.25, -0.2) is 0 Å². The number of ether oxygens (including phenoxy) is 1. The summed E-state index contributed by atoms with van der Waals surface area (Å²) in [5.41, 5.74) is 0.590. The molecule has 0 aliphatic carbocycles. The number of nitrogens with zero attached hydrogens (tertiary/aromatic N) is 1. The zero-order valence-corrected chi connectivity index (χ0v) is 14.3. The molecule has 1 aliphatic rings. The van der Waals surface area contributed by atoms with E-state index >= 15 is 0 Å². The van der Waals surface area contributed by atoms with Crippen LogP contribution in [0.1, 0.15) is 30.8 Å². The van der Waals surface area contributed by atoms with E-state index in [-0.39, 0.29) is 5.91 Å². The first-order chi connectivity index (χ1) is 10.1. The largest absolute Gasteiger partial charge is 0.379 e. The molecule has 1 unspecified atom stereocenters. The number of halogens is 1. The first-order valence-electron chi connectivity index (χ1n) is 7.50. The van der Waals surface area contributed by atoms with Crippen molar-refractivity contribution in [3.05, 3.63) is 22.4 Å². The van der Waals surface area contributed by atoms with Crippen LogP contribution in [0.2, 0.25) is 0 Å². The van der Waals surface area contributed by atoms with Gasteiger partial charge in [0.15, 0.2) is 0 Å². The summed E-state index contributed by atoms with van der Waals surface area (Å²) < 4.78 is 6.30. The minimum atomic E-state index is -0.0530. The Balaban J connectivity index is 1.90. The van der Waals surface area contributed by atoms with Crippen molar-refractivity contribution < 1.29 is 9.53 Å². The molecule has 1 aliphatic heterocycles. The highest BCUT2D eigenvalue weighted by Crippen LogP contribution is 2.14. The summed E-state index contributed by atoms with van der Waals surface area (Å²) in [5.74, 6) is 0.553. The van der Waals surface area contributed by atoms with Crippen molar-refractivity contribution in [1.82, 2.24) is 15.2 Å². The third kappa shape index (κ3) is 5.13. The van der Waals surface area contributed by atoms with Gasteiger partial charge in [0, 0.05) is 36.3 Å². The number of nitrogens with one attached hydrogen (secondary N) is 2. The van der Waals surface area contributed by atoms with E-state index < -0.39 is 0 Å². The van der Waals surface area contributed by atoms with Crippen molar-refractivity contribution in [2.75, 3.05) is 32.8 Å². The highest BCUT2D eigenvalue weighted by Gasteiger charge is 2.22. The molecule has 1 fully saturated rings. The number of morpholine rings is 1. The quantitative estimate of drug-likeness (QED) is 0.820. The van der Waals surface area contributed by atoms with E-state index in [9.17, 15) is 4.79 Å². The van der Waals surface area contributed by atoms with Crippen LogP contribution in [0, 0.1) is 5.92 Å². The van der Waals surface area contributed by atoms with Gasteiger partial charge in [-0.15, -0.1) is 0 Å². The molecule has 0 radical (unpaired) electrons. The molecular weight excluding hydrogens is 334 g/mol. The van der Waals surface area contributed by atoms with Gasteiger partial charge < -0.3 is 15.0 Å². The van der Waals surface area contributed by atoms with Crippen molar-refractivity contribution in [3.63, 3.8) is 0 Å². The van der Waals surface area contributed by atoms with Crippen LogP contribution >= 0.6 is 15.9 Å². The van der Waals surface area contributed by atoms with Crippen LogP contribution in [0.15, 0.2) is 16.7 Å². The lowest BCUT2D eigenvalue weighted by Crippen LogP contribution is -2.49. The summed E-state index contributed by atoms with van der Waals surface area (Å²) in [5, 5.41) is 3.04. The highest BCUT2D eigenvalue weighted by atomic mass is 79.9. The van der Waals surface area contributed by atoms with Gasteiger partial charge in [0.25, 0.3) is 5.91 Å². The molecule has 0 bridgehead atoms. The molecule has 0 saturated carbocycles. The average molecular weight is 358 g/mol. The van der Waals surface area contributed by atoms with Gasteiger partial charge in [0.2, 0.25) is 0 Å². The number of hydrogen-bond donors (Lipinski definition) is 2. The van der Waals surface area contributed by atoms with E-state index in [4.69, 9.17) is 4.74 Å². The van der Waals surface area contributed by atoms with Gasteiger partial charge in [-0.3, -0.25) is 9.69 Å². The predicted octanol–water partition coefficient (Wildman–Crippen LogP) is 2.25. The maximum atomic E-state index is 12.1. The van der Waals surface area contributed by atoms with Crippen molar-refractivity contribution in [2.45, 2.75) is 26.3 Å². The molecule has 2 rings (SSSR count). The maximum absolute atomic E-state index is 12.1. The summed E-state index contributed by atoms with van der Waals surface area (Å²) in [6.45, 7) is 8.57. The Labute approximate surface area is 134 Å². The molecule has 5 nitrogen and oxygen atoms in total. The Hall–Kier alpha value is -0.850. The smallest absolute Gasteiger partial charge is 0.267 e. The van der Waals surface area contributed by atoms with Crippen LogP contribution in [0.25, 0.3) is 0 Å². The van der Waals surface area contributed by atoms with Crippen LogP contribution in [0.3, 0.4) is 0 Å². The van der Waals surface area contributed by atoms with Crippen LogP contribution in [0.5, 0.6) is 0 Å². The van der Waals surface area contributed by atoms with Gasteiger partial charge in [-0.2, -0.15) is 0 Å².